The standard InChI is InChI=1S/C23H23NO6/c1-14-21(15(2)30-24-14)13-28-20-11-7-18(8-12-20)23(26)29-16(3)22(25)17-5-9-19(27-4)10-6-17/h5-12,16H,13H2,1-4H3/t16-/m1/s1. The van der Waals surface area contributed by atoms with Gasteiger partial charge in [-0.3, -0.25) is 4.79 Å². The molecule has 2 aromatic carbocycles. The summed E-state index contributed by atoms with van der Waals surface area (Å²) in [5, 5.41) is 3.89. The number of methoxy groups -OCH3 is 1. The monoisotopic (exact) mass is 409 g/mol. The number of aromatic nitrogens is 1. The molecule has 0 bridgehead atoms. The number of nitrogens with zero attached hydrogens (tertiary/aromatic N) is 1. The van der Waals surface area contributed by atoms with E-state index in [9.17, 15) is 9.59 Å². The zero-order chi connectivity index (χ0) is 21.7. The molecular weight excluding hydrogens is 386 g/mol. The first-order valence-electron chi connectivity index (χ1n) is 9.43. The third-order valence-electron chi connectivity index (χ3n) is 4.68. The van der Waals surface area contributed by atoms with Gasteiger partial charge in [0, 0.05) is 5.56 Å². The summed E-state index contributed by atoms with van der Waals surface area (Å²) in [6.45, 7) is 5.54. The molecule has 0 radical (unpaired) electrons. The van der Waals surface area contributed by atoms with Gasteiger partial charge >= 0.3 is 5.97 Å². The summed E-state index contributed by atoms with van der Waals surface area (Å²) in [7, 11) is 1.55. The summed E-state index contributed by atoms with van der Waals surface area (Å²) in [6.07, 6.45) is -0.915. The van der Waals surface area contributed by atoms with E-state index in [1.807, 2.05) is 13.8 Å². The van der Waals surface area contributed by atoms with Crippen LogP contribution in [0.3, 0.4) is 0 Å². The van der Waals surface area contributed by atoms with Gasteiger partial charge in [-0.2, -0.15) is 0 Å². The van der Waals surface area contributed by atoms with Crippen molar-refractivity contribution in [3.63, 3.8) is 0 Å². The molecule has 0 amide bonds. The van der Waals surface area contributed by atoms with E-state index in [2.05, 4.69) is 5.16 Å². The Kier molecular flexibility index (Phi) is 6.51. The quantitative estimate of drug-likeness (QED) is 0.405. The van der Waals surface area contributed by atoms with Crippen LogP contribution in [0.1, 0.15) is 44.7 Å². The number of Topliss-reactive ketones (excluding diaryl/α,β-unsaturated/α-hetero) is 1. The van der Waals surface area contributed by atoms with Crippen LogP contribution < -0.4 is 9.47 Å². The molecule has 7 heteroatoms. The number of benzene rings is 2. The van der Waals surface area contributed by atoms with E-state index in [0.29, 0.717) is 35.0 Å². The summed E-state index contributed by atoms with van der Waals surface area (Å²) in [6, 6.07) is 13.2. The summed E-state index contributed by atoms with van der Waals surface area (Å²) in [5.74, 6) is 1.08. The number of carbonyl (C=O) groups excluding carboxylic acids is 2. The number of ketones is 1. The van der Waals surface area contributed by atoms with Crippen LogP contribution in [0.2, 0.25) is 0 Å². The zero-order valence-electron chi connectivity index (χ0n) is 17.3. The van der Waals surface area contributed by atoms with Crippen LogP contribution in [0.5, 0.6) is 11.5 Å². The molecule has 0 aliphatic heterocycles. The molecule has 0 saturated carbocycles. The van der Waals surface area contributed by atoms with Crippen molar-refractivity contribution in [3.05, 3.63) is 76.7 Å². The highest BCUT2D eigenvalue weighted by atomic mass is 16.5. The van der Waals surface area contributed by atoms with Crippen molar-refractivity contribution in [3.8, 4) is 11.5 Å². The molecule has 0 saturated heterocycles. The highest BCUT2D eigenvalue weighted by Crippen LogP contribution is 2.19. The minimum Gasteiger partial charge on any atom is -0.497 e. The largest absolute Gasteiger partial charge is 0.497 e. The first kappa shape index (κ1) is 21.1. The fourth-order valence-corrected chi connectivity index (χ4v) is 2.82. The van der Waals surface area contributed by atoms with E-state index in [4.69, 9.17) is 18.7 Å². The lowest BCUT2D eigenvalue weighted by Crippen LogP contribution is -2.24. The second kappa shape index (κ2) is 9.26. The third kappa shape index (κ3) is 4.86. The first-order chi connectivity index (χ1) is 14.4. The molecule has 3 rings (SSSR count). The van der Waals surface area contributed by atoms with Crippen molar-refractivity contribution in [2.24, 2.45) is 0 Å². The molecule has 0 fully saturated rings. The van der Waals surface area contributed by atoms with E-state index in [1.54, 1.807) is 62.6 Å². The number of hydrogen-bond acceptors (Lipinski definition) is 7. The Morgan fingerprint density at radius 2 is 1.57 bits per heavy atom. The average molecular weight is 409 g/mol. The van der Waals surface area contributed by atoms with Gasteiger partial charge in [-0.25, -0.2) is 4.79 Å². The lowest BCUT2D eigenvalue weighted by atomic mass is 10.1. The van der Waals surface area contributed by atoms with E-state index in [1.165, 1.54) is 0 Å². The second-order valence-corrected chi connectivity index (χ2v) is 6.76. The third-order valence-corrected chi connectivity index (χ3v) is 4.68. The van der Waals surface area contributed by atoms with Crippen molar-refractivity contribution in [1.82, 2.24) is 5.16 Å². The Bertz CT molecular complexity index is 1000. The van der Waals surface area contributed by atoms with Crippen LogP contribution in [-0.4, -0.2) is 30.1 Å². The van der Waals surface area contributed by atoms with Gasteiger partial charge in [0.15, 0.2) is 6.10 Å². The Morgan fingerprint density at radius 1 is 0.967 bits per heavy atom. The van der Waals surface area contributed by atoms with Gasteiger partial charge in [0.25, 0.3) is 0 Å². The maximum atomic E-state index is 12.5. The summed E-state index contributed by atoms with van der Waals surface area (Å²) in [4.78, 5) is 24.8. The highest BCUT2D eigenvalue weighted by Gasteiger charge is 2.20. The smallest absolute Gasteiger partial charge is 0.338 e. The zero-order valence-corrected chi connectivity index (χ0v) is 17.3. The van der Waals surface area contributed by atoms with Crippen LogP contribution in [-0.2, 0) is 11.3 Å². The lowest BCUT2D eigenvalue weighted by molar-refractivity contribution is 0.0318. The van der Waals surface area contributed by atoms with Crippen molar-refractivity contribution in [2.75, 3.05) is 7.11 Å². The molecule has 30 heavy (non-hydrogen) atoms. The summed E-state index contributed by atoms with van der Waals surface area (Å²) < 4.78 is 21.2. The van der Waals surface area contributed by atoms with Crippen molar-refractivity contribution >= 4 is 11.8 Å². The van der Waals surface area contributed by atoms with Gasteiger partial charge in [-0.15, -0.1) is 0 Å². The molecule has 1 aromatic heterocycles. The van der Waals surface area contributed by atoms with Gasteiger partial charge in [0.2, 0.25) is 5.78 Å². The Hall–Kier alpha value is -3.61. The number of ether oxygens (including phenoxy) is 3. The molecule has 0 aliphatic rings. The molecule has 0 spiro atoms. The van der Waals surface area contributed by atoms with Gasteiger partial charge in [-0.1, -0.05) is 5.16 Å². The molecule has 0 unspecified atom stereocenters. The molecule has 1 atom stereocenters. The topological polar surface area (TPSA) is 87.9 Å². The molecule has 0 N–H and O–H groups in total. The number of aryl methyl sites for hydroxylation is 2. The van der Waals surface area contributed by atoms with E-state index in [-0.39, 0.29) is 5.78 Å². The molecule has 0 aliphatic carbocycles. The van der Waals surface area contributed by atoms with Crippen LogP contribution in [0, 0.1) is 13.8 Å². The van der Waals surface area contributed by atoms with Crippen LogP contribution in [0.4, 0.5) is 0 Å². The maximum absolute atomic E-state index is 12.5. The predicted octanol–water partition coefficient (Wildman–Crippen LogP) is 4.31. The summed E-state index contributed by atoms with van der Waals surface area (Å²) >= 11 is 0. The highest BCUT2D eigenvalue weighted by molar-refractivity contribution is 6.01. The average Bonchev–Trinajstić information content (AvgIpc) is 3.09. The van der Waals surface area contributed by atoms with Crippen molar-refractivity contribution in [2.45, 2.75) is 33.5 Å². The van der Waals surface area contributed by atoms with Crippen LogP contribution in [0.25, 0.3) is 0 Å². The van der Waals surface area contributed by atoms with Gasteiger partial charge < -0.3 is 18.7 Å². The molecule has 7 nitrogen and oxygen atoms in total. The van der Waals surface area contributed by atoms with E-state index >= 15 is 0 Å². The van der Waals surface area contributed by atoms with Gasteiger partial charge in [0.05, 0.1) is 23.9 Å². The molecular formula is C23H23NO6. The van der Waals surface area contributed by atoms with E-state index < -0.39 is 12.1 Å². The molecule has 3 aromatic rings. The fourth-order valence-electron chi connectivity index (χ4n) is 2.82. The molecule has 1 heterocycles. The fraction of sp³-hybridized carbons (Fsp3) is 0.261. The van der Waals surface area contributed by atoms with Gasteiger partial charge in [0.1, 0.15) is 23.9 Å². The number of carbonyl (C=O) groups is 2. The van der Waals surface area contributed by atoms with Gasteiger partial charge in [-0.05, 0) is 69.3 Å². The number of rotatable bonds is 8. The number of hydrogen-bond donors (Lipinski definition) is 0. The predicted molar refractivity (Wildman–Crippen MR) is 109 cm³/mol. The minimum atomic E-state index is -0.915. The normalized spacial score (nSPS) is 11.6. The lowest BCUT2D eigenvalue weighted by Gasteiger charge is -2.13. The first-order valence-corrected chi connectivity index (χ1v) is 9.43. The van der Waals surface area contributed by atoms with E-state index in [0.717, 1.165) is 11.3 Å². The Labute approximate surface area is 174 Å². The number of esters is 1. The Balaban J connectivity index is 1.57. The Morgan fingerprint density at radius 3 is 2.13 bits per heavy atom. The maximum Gasteiger partial charge on any atom is 0.338 e. The van der Waals surface area contributed by atoms with Crippen LogP contribution in [0.15, 0.2) is 53.1 Å². The second-order valence-electron chi connectivity index (χ2n) is 6.76. The molecule has 156 valence electrons. The van der Waals surface area contributed by atoms with Crippen molar-refractivity contribution < 1.29 is 28.3 Å². The van der Waals surface area contributed by atoms with Crippen LogP contribution >= 0.6 is 0 Å². The summed E-state index contributed by atoms with van der Waals surface area (Å²) in [5.41, 5.74) is 2.45. The SMILES string of the molecule is COc1ccc(C(=O)[C@@H](C)OC(=O)c2ccc(OCc3c(C)noc3C)cc2)cc1. The minimum absolute atomic E-state index is 0.287. The van der Waals surface area contributed by atoms with Crippen molar-refractivity contribution in [1.29, 1.82) is 0 Å².